The number of hydrogen-bond acceptors (Lipinski definition) is 5. The zero-order valence-corrected chi connectivity index (χ0v) is 29.6. The van der Waals surface area contributed by atoms with E-state index >= 15 is 0 Å². The molecule has 4 aromatic carbocycles. The van der Waals surface area contributed by atoms with E-state index in [1.165, 1.54) is 11.1 Å². The van der Waals surface area contributed by atoms with E-state index in [2.05, 4.69) is 122 Å². The maximum Gasteiger partial charge on any atom is 0.298 e. The summed E-state index contributed by atoms with van der Waals surface area (Å²) in [5, 5.41) is 16.9. The molecule has 49 heavy (non-hydrogen) atoms. The van der Waals surface area contributed by atoms with Crippen LogP contribution in [0.1, 0.15) is 71.7 Å². The minimum Gasteiger partial charge on any atom is -0.540 e. The van der Waals surface area contributed by atoms with Gasteiger partial charge in [-0.25, -0.2) is 4.98 Å². The third kappa shape index (κ3) is 7.50. The first-order chi connectivity index (χ1) is 23.6. The van der Waals surface area contributed by atoms with Gasteiger partial charge in [-0.1, -0.05) is 93.6 Å². The molecule has 0 spiro atoms. The van der Waals surface area contributed by atoms with E-state index in [0.717, 1.165) is 22.5 Å². The summed E-state index contributed by atoms with van der Waals surface area (Å²) in [5.74, 6) is 1.01. The van der Waals surface area contributed by atoms with Crippen molar-refractivity contribution < 1.29 is 9.22 Å². The molecule has 0 aliphatic rings. The van der Waals surface area contributed by atoms with Crippen LogP contribution in [0.25, 0.3) is 11.0 Å². The maximum absolute atomic E-state index is 13.4. The fraction of sp³-hybridized carbons (Fsp3) is 0.250. The number of benzene rings is 4. The van der Waals surface area contributed by atoms with E-state index in [1.54, 1.807) is 22.9 Å². The largest absolute Gasteiger partial charge is 0.540 e. The Hall–Kier alpha value is -5.46. The van der Waals surface area contributed by atoms with Crippen LogP contribution < -0.4 is 9.74 Å². The summed E-state index contributed by atoms with van der Waals surface area (Å²) in [6, 6.07) is 39.1. The van der Waals surface area contributed by atoms with Crippen molar-refractivity contribution in [3.05, 3.63) is 143 Å². The summed E-state index contributed by atoms with van der Waals surface area (Å²) in [6.07, 6.45) is 0.703. The first-order valence-electron chi connectivity index (χ1n) is 16.6. The van der Waals surface area contributed by atoms with Gasteiger partial charge in [0.2, 0.25) is 5.95 Å². The maximum atomic E-state index is 13.4. The van der Waals surface area contributed by atoms with Crippen LogP contribution >= 0.6 is 0 Å². The number of nitrogens with zero attached hydrogens (tertiary/aromatic N) is 5. The molecule has 1 N–H and O–H groups in total. The van der Waals surface area contributed by atoms with Gasteiger partial charge in [-0.3, -0.25) is 14.8 Å². The van der Waals surface area contributed by atoms with Gasteiger partial charge in [0.1, 0.15) is 11.4 Å². The number of imidazole rings is 1. The normalized spacial score (nSPS) is 11.6. The highest BCUT2D eigenvalue weighted by atomic mass is 28.3. The molecule has 0 bridgehead atoms. The van der Waals surface area contributed by atoms with Crippen molar-refractivity contribution in [2.75, 3.05) is 5.32 Å². The molecule has 0 fully saturated rings. The third-order valence-electron chi connectivity index (χ3n) is 8.58. The Balaban J connectivity index is 1.24. The molecule has 2 heterocycles. The number of aryl methyl sites for hydroxylation is 4. The molecule has 2 aromatic heterocycles. The number of rotatable bonds is 11. The molecule has 0 aliphatic heterocycles. The standard InChI is InChI=1S/C40H41N6O2Si/c1-6-46-36(25-28(2)44-46)38(47)43-39-42-34-26-30(27-41)19-22-35(34)45(39)24-23-29-17-20-33(21-18-29)48-49(40(3,4)5)37(31-13-9-7-10-14-31)32-15-11-8-12-16-32/h7-22,25-26,37H,6,23-24H2,1-5H3,(H,42,43,47). The highest BCUT2D eigenvalue weighted by Gasteiger charge is 2.40. The number of anilines is 1. The molecule has 1 radical (unpaired) electrons. The summed E-state index contributed by atoms with van der Waals surface area (Å²) in [7, 11) is -1.47. The second-order valence-corrected chi connectivity index (χ2v) is 16.2. The van der Waals surface area contributed by atoms with Crippen LogP contribution in [0.15, 0.2) is 109 Å². The lowest BCUT2D eigenvalue weighted by Crippen LogP contribution is -2.40. The molecular formula is C40H41N6O2Si. The van der Waals surface area contributed by atoms with Gasteiger partial charge >= 0.3 is 0 Å². The monoisotopic (exact) mass is 665 g/mol. The number of aromatic nitrogens is 4. The third-order valence-corrected chi connectivity index (χ3v) is 11.7. The molecular weight excluding hydrogens is 625 g/mol. The van der Waals surface area contributed by atoms with Crippen LogP contribution in [0.4, 0.5) is 5.95 Å². The summed E-state index contributed by atoms with van der Waals surface area (Å²) in [6.45, 7) is 11.8. The van der Waals surface area contributed by atoms with Crippen molar-refractivity contribution in [1.82, 2.24) is 19.3 Å². The molecule has 6 rings (SSSR count). The van der Waals surface area contributed by atoms with Gasteiger partial charge in [0, 0.05) is 18.6 Å². The fourth-order valence-corrected chi connectivity index (χ4v) is 8.85. The highest BCUT2D eigenvalue weighted by Crippen LogP contribution is 2.40. The van der Waals surface area contributed by atoms with Crippen molar-refractivity contribution in [3.8, 4) is 11.8 Å². The van der Waals surface area contributed by atoms with Gasteiger partial charge in [0.05, 0.1) is 28.4 Å². The molecule has 9 heteroatoms. The van der Waals surface area contributed by atoms with E-state index in [1.807, 2.05) is 24.5 Å². The molecule has 0 aliphatic carbocycles. The second-order valence-electron chi connectivity index (χ2n) is 13.2. The minimum atomic E-state index is -1.47. The summed E-state index contributed by atoms with van der Waals surface area (Å²) in [5.41, 5.74) is 7.08. The Kier molecular flexibility index (Phi) is 9.79. The molecule has 0 saturated carbocycles. The van der Waals surface area contributed by atoms with Gasteiger partial charge in [0.25, 0.3) is 14.9 Å². The molecule has 247 valence electrons. The number of nitriles is 1. The summed E-state index contributed by atoms with van der Waals surface area (Å²) >= 11 is 0. The van der Waals surface area contributed by atoms with Crippen LogP contribution in [0.2, 0.25) is 5.04 Å². The average molecular weight is 666 g/mol. The summed E-state index contributed by atoms with van der Waals surface area (Å²) < 4.78 is 10.7. The molecule has 0 saturated heterocycles. The Morgan fingerprint density at radius 1 is 0.939 bits per heavy atom. The van der Waals surface area contributed by atoms with Gasteiger partial charge in [-0.05, 0) is 78.4 Å². The fourth-order valence-electron chi connectivity index (χ4n) is 6.18. The van der Waals surface area contributed by atoms with E-state index in [9.17, 15) is 10.1 Å². The van der Waals surface area contributed by atoms with Crippen LogP contribution in [0, 0.1) is 18.3 Å². The molecule has 0 atom stereocenters. The van der Waals surface area contributed by atoms with Crippen molar-refractivity contribution in [2.45, 2.75) is 64.7 Å². The lowest BCUT2D eigenvalue weighted by Gasteiger charge is -2.35. The van der Waals surface area contributed by atoms with Gasteiger partial charge < -0.3 is 8.99 Å². The lowest BCUT2D eigenvalue weighted by atomic mass is 10.0. The quantitative estimate of drug-likeness (QED) is 0.140. The molecule has 0 unspecified atom stereocenters. The lowest BCUT2D eigenvalue weighted by molar-refractivity contribution is 0.101. The van der Waals surface area contributed by atoms with Crippen molar-refractivity contribution >= 4 is 31.9 Å². The number of carbonyl (C=O) groups excluding carboxylic acids is 1. The predicted octanol–water partition coefficient (Wildman–Crippen LogP) is 8.47. The van der Waals surface area contributed by atoms with Crippen molar-refractivity contribution in [3.63, 3.8) is 0 Å². The Bertz CT molecular complexity index is 2050. The van der Waals surface area contributed by atoms with Gasteiger partial charge in [-0.15, -0.1) is 0 Å². The average Bonchev–Trinajstić information content (AvgIpc) is 3.66. The van der Waals surface area contributed by atoms with E-state index in [4.69, 9.17) is 9.41 Å². The number of carbonyl (C=O) groups is 1. The van der Waals surface area contributed by atoms with Crippen molar-refractivity contribution in [1.29, 1.82) is 5.26 Å². The van der Waals surface area contributed by atoms with Crippen molar-refractivity contribution in [2.24, 2.45) is 0 Å². The Morgan fingerprint density at radius 3 is 2.18 bits per heavy atom. The van der Waals surface area contributed by atoms with Gasteiger partial charge in [0.15, 0.2) is 0 Å². The number of nitrogens with one attached hydrogen (secondary N) is 1. The summed E-state index contributed by atoms with van der Waals surface area (Å²) in [4.78, 5) is 18.1. The van der Waals surface area contributed by atoms with Crippen LogP contribution in [0.3, 0.4) is 0 Å². The number of amides is 1. The van der Waals surface area contributed by atoms with E-state index < -0.39 is 9.04 Å². The molecule has 8 nitrogen and oxygen atoms in total. The van der Waals surface area contributed by atoms with E-state index in [0.29, 0.717) is 42.2 Å². The zero-order valence-electron chi connectivity index (χ0n) is 28.6. The minimum absolute atomic E-state index is 0.0536. The highest BCUT2D eigenvalue weighted by molar-refractivity contribution is 6.58. The number of fused-ring (bicyclic) bond motifs is 1. The van der Waals surface area contributed by atoms with Gasteiger partial charge in [-0.2, -0.15) is 10.4 Å². The second kappa shape index (κ2) is 14.3. The van der Waals surface area contributed by atoms with Crippen LogP contribution in [-0.2, 0) is 19.5 Å². The van der Waals surface area contributed by atoms with Crippen LogP contribution in [-0.4, -0.2) is 34.3 Å². The Morgan fingerprint density at radius 2 is 1.59 bits per heavy atom. The SMILES string of the molecule is CCn1nc(C)cc1C(=O)Nc1nc2cc(C#N)ccc2n1CCc1ccc(O[Si](C(c2ccccc2)c2ccccc2)C(C)(C)C)cc1. The molecule has 1 amide bonds. The topological polar surface area (TPSA) is 97.8 Å². The first kappa shape index (κ1) is 33.4. The first-order valence-corrected chi connectivity index (χ1v) is 18.1. The predicted molar refractivity (Wildman–Crippen MR) is 196 cm³/mol. The smallest absolute Gasteiger partial charge is 0.298 e. The Labute approximate surface area is 289 Å². The van der Waals surface area contributed by atoms with Crippen LogP contribution in [0.5, 0.6) is 5.75 Å². The molecule has 6 aromatic rings. The number of hydrogen-bond donors (Lipinski definition) is 1. The zero-order chi connectivity index (χ0) is 34.5. The van der Waals surface area contributed by atoms with E-state index in [-0.39, 0.29) is 16.5 Å².